The van der Waals surface area contributed by atoms with Gasteiger partial charge in [-0.05, 0) is 56.7 Å². The molecule has 2 heterocycles. The highest BCUT2D eigenvalue weighted by atomic mass is 19.1. The Morgan fingerprint density at radius 2 is 1.81 bits per heavy atom. The molecule has 26 heavy (non-hydrogen) atoms. The minimum atomic E-state index is -0.721. The minimum Gasteiger partial charge on any atom is -0.353 e. The lowest BCUT2D eigenvalue weighted by molar-refractivity contribution is -0.136. The first-order valence-corrected chi connectivity index (χ1v) is 9.63. The van der Waals surface area contributed by atoms with Crippen LogP contribution in [-0.2, 0) is 9.53 Å². The van der Waals surface area contributed by atoms with Crippen LogP contribution in [0.3, 0.4) is 0 Å². The first-order valence-electron chi connectivity index (χ1n) is 9.63. The molecule has 1 aromatic carbocycles. The van der Waals surface area contributed by atoms with Gasteiger partial charge in [0, 0.05) is 18.7 Å². The van der Waals surface area contributed by atoms with Gasteiger partial charge >= 0.3 is 0 Å². The lowest BCUT2D eigenvalue weighted by Gasteiger charge is -2.42. The summed E-state index contributed by atoms with van der Waals surface area (Å²) < 4.78 is 19.8. The Kier molecular flexibility index (Phi) is 4.69. The summed E-state index contributed by atoms with van der Waals surface area (Å²) in [5.74, 6) is -0.785. The Labute approximate surface area is 153 Å². The topological polar surface area (TPSA) is 49.9 Å². The monoisotopic (exact) mass is 360 g/mol. The number of likely N-dealkylation sites (tertiary alicyclic amines) is 1. The molecule has 0 aromatic heterocycles. The van der Waals surface area contributed by atoms with E-state index in [0.717, 1.165) is 58.0 Å². The van der Waals surface area contributed by atoms with Crippen molar-refractivity contribution in [2.45, 2.75) is 56.7 Å². The molecule has 1 atom stereocenters. The molecule has 6 heteroatoms. The van der Waals surface area contributed by atoms with Crippen LogP contribution in [0, 0.1) is 5.82 Å². The molecule has 3 aliphatic rings. The van der Waals surface area contributed by atoms with Crippen molar-refractivity contribution in [3.63, 3.8) is 0 Å². The largest absolute Gasteiger partial charge is 0.353 e. The Morgan fingerprint density at radius 3 is 2.50 bits per heavy atom. The first kappa shape index (κ1) is 17.5. The van der Waals surface area contributed by atoms with Crippen molar-refractivity contribution < 1.29 is 18.7 Å². The van der Waals surface area contributed by atoms with Gasteiger partial charge in [-0.3, -0.25) is 14.5 Å². The number of carbonyl (C=O) groups is 2. The van der Waals surface area contributed by atoms with E-state index in [9.17, 15) is 14.0 Å². The molecule has 0 N–H and O–H groups in total. The van der Waals surface area contributed by atoms with Crippen molar-refractivity contribution in [2.24, 2.45) is 0 Å². The molecule has 2 amide bonds. The maximum atomic E-state index is 13.7. The van der Waals surface area contributed by atoms with Crippen LogP contribution < -0.4 is 0 Å². The summed E-state index contributed by atoms with van der Waals surface area (Å²) in [5.41, 5.74) is -0.443. The van der Waals surface area contributed by atoms with Crippen LogP contribution in [-0.4, -0.2) is 53.1 Å². The van der Waals surface area contributed by atoms with E-state index in [2.05, 4.69) is 0 Å². The number of benzene rings is 1. The summed E-state index contributed by atoms with van der Waals surface area (Å²) in [6.45, 7) is 1.71. The summed E-state index contributed by atoms with van der Waals surface area (Å²) in [7, 11) is 0. The highest BCUT2D eigenvalue weighted by molar-refractivity contribution is 5.98. The van der Waals surface area contributed by atoms with Crippen molar-refractivity contribution in [3.8, 4) is 0 Å². The molecular weight excluding hydrogens is 335 g/mol. The van der Waals surface area contributed by atoms with Gasteiger partial charge in [0.25, 0.3) is 5.91 Å². The fourth-order valence-electron chi connectivity index (χ4n) is 4.57. The number of carbonyl (C=O) groups excluding carboxylic acids is 2. The zero-order chi connectivity index (χ0) is 18.1. The molecule has 1 spiro atoms. The molecule has 1 saturated carbocycles. The van der Waals surface area contributed by atoms with E-state index in [-0.39, 0.29) is 24.0 Å². The molecule has 1 aromatic rings. The average molecular weight is 360 g/mol. The molecule has 0 radical (unpaired) electrons. The number of halogens is 1. The Bertz CT molecular complexity index is 696. The summed E-state index contributed by atoms with van der Waals surface area (Å²) in [5, 5.41) is 0. The number of hydrogen-bond donors (Lipinski definition) is 0. The summed E-state index contributed by atoms with van der Waals surface area (Å²) in [4.78, 5) is 29.9. The van der Waals surface area contributed by atoms with Crippen LogP contribution >= 0.6 is 0 Å². The van der Waals surface area contributed by atoms with E-state index < -0.39 is 17.6 Å². The number of rotatable bonds is 2. The Balaban J connectivity index is 1.67. The van der Waals surface area contributed by atoms with Gasteiger partial charge in [0.1, 0.15) is 17.6 Å². The second-order valence-electron chi connectivity index (χ2n) is 7.55. The SMILES string of the molecule is O=C([C@H]1COC2(CCCCC2)N1C(=O)c1cccc(F)c1)N1CCCC1. The van der Waals surface area contributed by atoms with Gasteiger partial charge in [-0.2, -0.15) is 0 Å². The lowest BCUT2D eigenvalue weighted by atomic mass is 9.89. The second-order valence-corrected chi connectivity index (χ2v) is 7.55. The quantitative estimate of drug-likeness (QED) is 0.815. The highest BCUT2D eigenvalue weighted by Gasteiger charge is 2.53. The van der Waals surface area contributed by atoms with E-state index >= 15 is 0 Å². The number of ether oxygens (including phenoxy) is 1. The zero-order valence-corrected chi connectivity index (χ0v) is 15.0. The molecular formula is C20H25FN2O3. The smallest absolute Gasteiger partial charge is 0.256 e. The van der Waals surface area contributed by atoms with E-state index in [1.165, 1.54) is 18.2 Å². The minimum absolute atomic E-state index is 0.0327. The molecule has 4 rings (SSSR count). The van der Waals surface area contributed by atoms with Crippen LogP contribution in [0.1, 0.15) is 55.3 Å². The van der Waals surface area contributed by atoms with Crippen LogP contribution in [0.2, 0.25) is 0 Å². The molecule has 0 bridgehead atoms. The number of nitrogens with zero attached hydrogens (tertiary/aromatic N) is 2. The van der Waals surface area contributed by atoms with Crippen LogP contribution in [0.4, 0.5) is 4.39 Å². The zero-order valence-electron chi connectivity index (χ0n) is 15.0. The fraction of sp³-hybridized carbons (Fsp3) is 0.600. The molecule has 1 aliphatic carbocycles. The van der Waals surface area contributed by atoms with Gasteiger partial charge in [-0.25, -0.2) is 4.39 Å². The molecule has 2 aliphatic heterocycles. The molecule has 2 saturated heterocycles. The fourth-order valence-corrected chi connectivity index (χ4v) is 4.57. The van der Waals surface area contributed by atoms with Gasteiger partial charge in [-0.15, -0.1) is 0 Å². The average Bonchev–Trinajstić information content (AvgIpc) is 3.30. The third-order valence-electron chi connectivity index (χ3n) is 5.89. The van der Waals surface area contributed by atoms with Crippen LogP contribution in [0.15, 0.2) is 24.3 Å². The van der Waals surface area contributed by atoms with Crippen LogP contribution in [0.5, 0.6) is 0 Å². The second kappa shape index (κ2) is 6.99. The van der Waals surface area contributed by atoms with Gasteiger partial charge in [0.05, 0.1) is 6.61 Å². The Hall–Kier alpha value is -1.95. The summed E-state index contributed by atoms with van der Waals surface area (Å²) in [6, 6.07) is 5.10. The normalized spacial score (nSPS) is 25.0. The van der Waals surface area contributed by atoms with E-state index in [1.807, 2.05) is 4.90 Å². The van der Waals surface area contributed by atoms with Crippen molar-refractivity contribution in [3.05, 3.63) is 35.6 Å². The highest BCUT2D eigenvalue weighted by Crippen LogP contribution is 2.41. The van der Waals surface area contributed by atoms with Crippen molar-refractivity contribution in [2.75, 3.05) is 19.7 Å². The molecule has 140 valence electrons. The lowest BCUT2D eigenvalue weighted by Crippen LogP contribution is -2.56. The van der Waals surface area contributed by atoms with Gasteiger partial charge in [-0.1, -0.05) is 12.5 Å². The van der Waals surface area contributed by atoms with Crippen molar-refractivity contribution in [1.29, 1.82) is 0 Å². The maximum Gasteiger partial charge on any atom is 0.256 e. The van der Waals surface area contributed by atoms with Crippen LogP contribution in [0.25, 0.3) is 0 Å². The summed E-state index contributed by atoms with van der Waals surface area (Å²) >= 11 is 0. The molecule has 3 fully saturated rings. The Morgan fingerprint density at radius 1 is 1.08 bits per heavy atom. The number of amides is 2. The third kappa shape index (κ3) is 3.00. The van der Waals surface area contributed by atoms with Crippen molar-refractivity contribution >= 4 is 11.8 Å². The van der Waals surface area contributed by atoms with Gasteiger partial charge in [0.2, 0.25) is 5.91 Å². The van der Waals surface area contributed by atoms with Crippen molar-refractivity contribution in [1.82, 2.24) is 9.80 Å². The standard InChI is InChI=1S/C20H25FN2O3/c21-16-8-6-7-15(13-16)18(24)23-17(19(25)22-11-4-5-12-22)14-26-20(23)9-2-1-3-10-20/h6-8,13,17H,1-5,9-12,14H2/t17-/m1/s1. The van der Waals surface area contributed by atoms with E-state index in [4.69, 9.17) is 4.74 Å². The molecule has 5 nitrogen and oxygen atoms in total. The van der Waals surface area contributed by atoms with Gasteiger partial charge < -0.3 is 9.64 Å². The predicted molar refractivity (Wildman–Crippen MR) is 93.9 cm³/mol. The van der Waals surface area contributed by atoms with E-state index in [1.54, 1.807) is 11.0 Å². The van der Waals surface area contributed by atoms with Gasteiger partial charge in [0.15, 0.2) is 0 Å². The first-order chi connectivity index (χ1) is 12.6. The summed E-state index contributed by atoms with van der Waals surface area (Å²) in [6.07, 6.45) is 6.52. The van der Waals surface area contributed by atoms with E-state index in [0.29, 0.717) is 0 Å². The third-order valence-corrected chi connectivity index (χ3v) is 5.89. The predicted octanol–water partition coefficient (Wildman–Crippen LogP) is 2.95. The number of hydrogen-bond acceptors (Lipinski definition) is 3. The molecule has 0 unspecified atom stereocenters. The maximum absolute atomic E-state index is 13.7.